The van der Waals surface area contributed by atoms with E-state index in [9.17, 15) is 43.7 Å². The second-order valence-corrected chi connectivity index (χ2v) is 13.9. The molecule has 0 bridgehead atoms. The van der Waals surface area contributed by atoms with Crippen molar-refractivity contribution < 1.29 is 95.4 Å². The number of carbonyl (C=O) groups excluding carboxylic acids is 7. The summed E-state index contributed by atoms with van der Waals surface area (Å²) in [4.78, 5) is 103. The lowest BCUT2D eigenvalue weighted by Crippen LogP contribution is -2.64. The number of methoxy groups -OCH3 is 1. The Hall–Kier alpha value is -6.63. The number of ether oxygens (including phenoxy) is 11. The molecule has 2 aromatic carbocycles. The van der Waals surface area contributed by atoms with E-state index in [4.69, 9.17) is 56.9 Å². The number of rotatable bonds is 21. The number of non-ortho nitro benzene ring substituents is 1. The zero-order valence-corrected chi connectivity index (χ0v) is 35.4. The monoisotopic (exact) mass is 895 g/mol. The molecule has 63 heavy (non-hydrogen) atoms. The third kappa shape index (κ3) is 17.7. The van der Waals surface area contributed by atoms with Crippen LogP contribution >= 0.6 is 0 Å². The maximum absolute atomic E-state index is 13.7. The van der Waals surface area contributed by atoms with E-state index in [1.165, 1.54) is 30.3 Å². The second-order valence-electron chi connectivity index (χ2n) is 13.9. The Labute approximate surface area is 360 Å². The molecule has 0 aromatic heterocycles. The van der Waals surface area contributed by atoms with Gasteiger partial charge < -0.3 is 57.4 Å². The van der Waals surface area contributed by atoms with Gasteiger partial charge in [-0.15, -0.1) is 0 Å². The Balaban J connectivity index is 1.77. The smallest absolute Gasteiger partial charge is 0.467 e. The van der Waals surface area contributed by atoms with Gasteiger partial charge in [-0.25, -0.2) is 14.4 Å². The molecule has 1 fully saturated rings. The van der Waals surface area contributed by atoms with Crippen LogP contribution in [0.25, 0.3) is 0 Å². The number of esters is 4. The summed E-state index contributed by atoms with van der Waals surface area (Å²) in [7, 11) is 1.01. The van der Waals surface area contributed by atoms with Crippen molar-refractivity contribution in [2.24, 2.45) is 0 Å². The minimum absolute atomic E-state index is 0.00193. The van der Waals surface area contributed by atoms with Crippen LogP contribution in [0, 0.1) is 10.1 Å². The van der Waals surface area contributed by atoms with E-state index in [2.05, 4.69) is 10.8 Å². The summed E-state index contributed by atoms with van der Waals surface area (Å²) in [6.45, 7) is 8.03. The number of carbonyl (C=O) groups is 7. The molecule has 0 spiro atoms. The van der Waals surface area contributed by atoms with E-state index in [-0.39, 0.29) is 67.9 Å². The number of hydrogen-bond acceptors (Lipinski definition) is 21. The van der Waals surface area contributed by atoms with E-state index in [1.807, 2.05) is 0 Å². The zero-order valence-electron chi connectivity index (χ0n) is 35.4. The van der Waals surface area contributed by atoms with E-state index in [0.29, 0.717) is 0 Å². The Morgan fingerprint density at radius 3 is 2.00 bits per heavy atom. The summed E-state index contributed by atoms with van der Waals surface area (Å²) in [6, 6.07) is 8.53. The first-order valence-corrected chi connectivity index (χ1v) is 19.0. The molecule has 2 amide bonds. The van der Waals surface area contributed by atoms with Crippen LogP contribution in [-0.2, 0) is 73.3 Å². The molecule has 0 aliphatic carbocycles. The molecule has 346 valence electrons. The Morgan fingerprint density at radius 2 is 1.40 bits per heavy atom. The number of nitrogens with zero attached hydrogens (tertiary/aromatic N) is 1. The van der Waals surface area contributed by atoms with Crippen LogP contribution in [0.15, 0.2) is 42.5 Å². The van der Waals surface area contributed by atoms with Gasteiger partial charge >= 0.3 is 36.1 Å². The topological polar surface area (TPSA) is 297 Å². The van der Waals surface area contributed by atoms with Gasteiger partial charge in [0.2, 0.25) is 12.4 Å². The largest absolute Gasteiger partial charge is 0.514 e. The maximum atomic E-state index is 13.7. The standard InChI is InChI=1S/C39H49N3O21/c1-22(43)57-30-31(58-23(2)44)33(59-24(3)45)36(62-32(30)35(47)52-7)61-29-13-8-25(21-55-38(49)60-27-11-9-26(10-12-27)42(50)51)20-28(29)34(46)40-14-15-53-16-17-54-18-19-56-41-37(48)63-39(4,5)6/h8-13,20,30-33,36H,14-19,21H2,1-7H3,(H,40,46)(H,41,48)/t30-,31?,32-,33+,36?/m0/s1. The van der Waals surface area contributed by atoms with Crippen LogP contribution in [0.5, 0.6) is 11.5 Å². The molecule has 24 nitrogen and oxygen atoms in total. The fraction of sp³-hybridized carbons (Fsp3) is 0.513. The van der Waals surface area contributed by atoms with Gasteiger partial charge in [-0.05, 0) is 50.6 Å². The highest BCUT2D eigenvalue weighted by molar-refractivity contribution is 5.97. The van der Waals surface area contributed by atoms with Crippen LogP contribution in [-0.4, -0.2) is 130 Å². The third-order valence-corrected chi connectivity index (χ3v) is 7.76. The molecule has 5 atom stereocenters. The number of hydroxylamine groups is 1. The highest BCUT2D eigenvalue weighted by atomic mass is 16.7. The Bertz CT molecular complexity index is 1920. The van der Waals surface area contributed by atoms with E-state index < -0.39 is 89.9 Å². The fourth-order valence-corrected chi connectivity index (χ4v) is 5.31. The number of nitro groups is 1. The van der Waals surface area contributed by atoms with Crippen molar-refractivity contribution in [3.63, 3.8) is 0 Å². The second kappa shape index (κ2) is 24.7. The van der Waals surface area contributed by atoms with E-state index in [1.54, 1.807) is 20.8 Å². The molecule has 1 aliphatic rings. The maximum Gasteiger partial charge on any atom is 0.514 e. The molecule has 24 heteroatoms. The van der Waals surface area contributed by atoms with Gasteiger partial charge in [0.05, 0.1) is 50.6 Å². The minimum atomic E-state index is -1.82. The molecule has 0 radical (unpaired) electrons. The molecule has 0 saturated carbocycles. The SMILES string of the molecule is COC(=O)[C@H]1OC(Oc2ccc(COC(=O)Oc3ccc([N+](=O)[O-])cc3)cc2C(=O)NCCOCCOCCONC(=O)OC(C)(C)C)[C@H](OC(C)=O)C(OC(C)=O)[C@@H]1OC(C)=O. The minimum Gasteiger partial charge on any atom is -0.467 e. The normalized spacial score (nSPS) is 18.1. The lowest BCUT2D eigenvalue weighted by Gasteiger charge is -2.43. The van der Waals surface area contributed by atoms with Gasteiger partial charge in [0.1, 0.15) is 23.7 Å². The molecule has 1 heterocycles. The highest BCUT2D eigenvalue weighted by Crippen LogP contribution is 2.33. The molecular formula is C39H49N3O21. The van der Waals surface area contributed by atoms with Crippen molar-refractivity contribution in [3.8, 4) is 11.5 Å². The van der Waals surface area contributed by atoms with Crippen LogP contribution in [0.3, 0.4) is 0 Å². The zero-order chi connectivity index (χ0) is 46.7. The van der Waals surface area contributed by atoms with Crippen molar-refractivity contribution in [2.45, 2.75) is 84.5 Å². The first kappa shape index (κ1) is 50.7. The number of nitro benzene ring substituents is 1. The quantitative estimate of drug-likeness (QED) is 0.0454. The van der Waals surface area contributed by atoms with Crippen molar-refractivity contribution in [2.75, 3.05) is 46.7 Å². The summed E-state index contributed by atoms with van der Waals surface area (Å²) in [5.74, 6) is -4.92. The summed E-state index contributed by atoms with van der Waals surface area (Å²) in [5, 5.41) is 13.6. The van der Waals surface area contributed by atoms with Gasteiger partial charge in [-0.1, -0.05) is 6.07 Å². The number of benzene rings is 2. The van der Waals surface area contributed by atoms with Crippen molar-refractivity contribution >= 4 is 47.7 Å². The van der Waals surface area contributed by atoms with Gasteiger partial charge in [-0.2, -0.15) is 5.48 Å². The third-order valence-electron chi connectivity index (χ3n) is 7.76. The lowest BCUT2D eigenvalue weighted by molar-refractivity contribution is -0.384. The van der Waals surface area contributed by atoms with Gasteiger partial charge in [0.15, 0.2) is 18.3 Å². The molecule has 1 saturated heterocycles. The molecule has 2 aromatic rings. The van der Waals surface area contributed by atoms with Gasteiger partial charge in [-0.3, -0.25) is 34.1 Å². The first-order valence-electron chi connectivity index (χ1n) is 19.0. The number of hydrogen-bond donors (Lipinski definition) is 2. The number of amides is 2. The van der Waals surface area contributed by atoms with Crippen LogP contribution in [0.1, 0.15) is 57.5 Å². The lowest BCUT2D eigenvalue weighted by atomic mass is 9.97. The molecule has 2 unspecified atom stereocenters. The van der Waals surface area contributed by atoms with Crippen LogP contribution in [0.2, 0.25) is 0 Å². The Morgan fingerprint density at radius 1 is 0.794 bits per heavy atom. The highest BCUT2D eigenvalue weighted by Gasteiger charge is 2.56. The molecule has 3 rings (SSSR count). The predicted octanol–water partition coefficient (Wildman–Crippen LogP) is 2.60. The van der Waals surface area contributed by atoms with Crippen molar-refractivity contribution in [3.05, 3.63) is 63.7 Å². The van der Waals surface area contributed by atoms with Crippen molar-refractivity contribution in [1.29, 1.82) is 0 Å². The Kier molecular flexibility index (Phi) is 19.9. The molecule has 2 N–H and O–H groups in total. The van der Waals surface area contributed by atoms with Crippen molar-refractivity contribution in [1.82, 2.24) is 10.8 Å². The van der Waals surface area contributed by atoms with Gasteiger partial charge in [0.25, 0.3) is 11.6 Å². The summed E-state index contributed by atoms with van der Waals surface area (Å²) < 4.78 is 59.0. The van der Waals surface area contributed by atoms with E-state index >= 15 is 0 Å². The fourth-order valence-electron chi connectivity index (χ4n) is 5.31. The van der Waals surface area contributed by atoms with Crippen LogP contribution < -0.4 is 20.3 Å². The van der Waals surface area contributed by atoms with E-state index in [0.717, 1.165) is 40.0 Å². The van der Waals surface area contributed by atoms with Crippen LogP contribution in [0.4, 0.5) is 15.3 Å². The predicted molar refractivity (Wildman–Crippen MR) is 208 cm³/mol. The average molecular weight is 896 g/mol. The number of nitrogens with one attached hydrogen (secondary N) is 2. The summed E-state index contributed by atoms with van der Waals surface area (Å²) in [6.07, 6.45) is -10.6. The first-order chi connectivity index (χ1) is 29.8. The molecular weight excluding hydrogens is 846 g/mol. The summed E-state index contributed by atoms with van der Waals surface area (Å²) >= 11 is 0. The van der Waals surface area contributed by atoms with Gasteiger partial charge in [0, 0.05) is 39.4 Å². The average Bonchev–Trinajstić information content (AvgIpc) is 3.20. The summed E-state index contributed by atoms with van der Waals surface area (Å²) in [5.41, 5.74) is 1.20. The molecule has 1 aliphatic heterocycles.